The van der Waals surface area contributed by atoms with Gasteiger partial charge in [-0.2, -0.15) is 0 Å². The minimum atomic E-state index is 0.711. The van der Waals surface area contributed by atoms with Gasteiger partial charge in [-0.05, 0) is 49.4 Å². The van der Waals surface area contributed by atoms with E-state index < -0.39 is 0 Å². The minimum absolute atomic E-state index is 0.711. The van der Waals surface area contributed by atoms with Crippen LogP contribution in [0.5, 0.6) is 0 Å². The van der Waals surface area contributed by atoms with Crippen LogP contribution in [0.2, 0.25) is 0 Å². The summed E-state index contributed by atoms with van der Waals surface area (Å²) in [6, 6.07) is 0. The molecule has 0 saturated heterocycles. The molecule has 0 unspecified atom stereocenters. The molecule has 0 atom stereocenters. The summed E-state index contributed by atoms with van der Waals surface area (Å²) in [5.41, 5.74) is 1.42. The molecule has 0 spiro atoms. The lowest BCUT2D eigenvalue weighted by Gasteiger charge is -2.47. The first-order chi connectivity index (χ1) is 8.20. The molecule has 0 bridgehead atoms. The third-order valence-corrected chi connectivity index (χ3v) is 5.35. The van der Waals surface area contributed by atoms with Crippen LogP contribution in [0.15, 0.2) is 0 Å². The third-order valence-electron chi connectivity index (χ3n) is 5.35. The molecule has 102 valence electrons. The molecule has 1 aliphatic carbocycles. The highest BCUT2D eigenvalue weighted by Crippen LogP contribution is 2.62. The average molecular weight is 238 g/mol. The summed E-state index contributed by atoms with van der Waals surface area (Å²) in [6.45, 7) is 9.55. The summed E-state index contributed by atoms with van der Waals surface area (Å²) in [7, 11) is 0. The second-order valence-electron chi connectivity index (χ2n) is 6.41. The molecule has 0 nitrogen and oxygen atoms in total. The quantitative estimate of drug-likeness (QED) is 0.462. The first-order valence-corrected chi connectivity index (χ1v) is 8.20. The van der Waals surface area contributed by atoms with Gasteiger partial charge in [-0.1, -0.05) is 59.8 Å². The van der Waals surface area contributed by atoms with E-state index in [1.165, 1.54) is 70.6 Å². The number of hydrogen-bond acceptors (Lipinski definition) is 0. The predicted octanol–water partition coefficient (Wildman–Crippen LogP) is 6.34. The van der Waals surface area contributed by atoms with Crippen LogP contribution in [-0.4, -0.2) is 0 Å². The van der Waals surface area contributed by atoms with Crippen molar-refractivity contribution in [2.45, 2.75) is 98.3 Å². The van der Waals surface area contributed by atoms with Crippen molar-refractivity contribution in [3.05, 3.63) is 0 Å². The topological polar surface area (TPSA) is 0 Å². The maximum atomic E-state index is 2.39. The molecule has 1 aliphatic rings. The van der Waals surface area contributed by atoms with Crippen molar-refractivity contribution >= 4 is 0 Å². The van der Waals surface area contributed by atoms with Crippen molar-refractivity contribution in [3.63, 3.8) is 0 Å². The minimum Gasteiger partial charge on any atom is -0.0654 e. The zero-order chi connectivity index (χ0) is 12.8. The second kappa shape index (κ2) is 6.81. The predicted molar refractivity (Wildman–Crippen MR) is 78.3 cm³/mol. The van der Waals surface area contributed by atoms with Gasteiger partial charge in [0.1, 0.15) is 0 Å². The van der Waals surface area contributed by atoms with Crippen LogP contribution in [0.3, 0.4) is 0 Å². The lowest BCUT2D eigenvalue weighted by Crippen LogP contribution is -2.37. The molecule has 0 amide bonds. The van der Waals surface area contributed by atoms with E-state index in [0.29, 0.717) is 10.8 Å². The zero-order valence-electron chi connectivity index (χ0n) is 12.8. The Balaban J connectivity index is 2.95. The Labute approximate surface area is 110 Å². The highest BCUT2D eigenvalue weighted by Gasteiger charge is 2.51. The molecule has 1 rings (SSSR count). The lowest BCUT2D eigenvalue weighted by molar-refractivity contribution is 0.0278. The van der Waals surface area contributed by atoms with Crippen LogP contribution in [0.25, 0.3) is 0 Å². The molecule has 0 aromatic rings. The molecular weight excluding hydrogens is 204 g/mol. The van der Waals surface area contributed by atoms with Crippen LogP contribution in [0.4, 0.5) is 0 Å². The highest BCUT2D eigenvalue weighted by molar-refractivity contribution is 5.01. The molecule has 0 aromatic heterocycles. The van der Waals surface area contributed by atoms with Crippen LogP contribution in [0, 0.1) is 10.8 Å². The van der Waals surface area contributed by atoms with Crippen molar-refractivity contribution in [1.82, 2.24) is 0 Å². The summed E-state index contributed by atoms with van der Waals surface area (Å²) < 4.78 is 0. The van der Waals surface area contributed by atoms with E-state index in [1.54, 1.807) is 0 Å². The molecular formula is C17H34. The van der Waals surface area contributed by atoms with Crippen LogP contribution in [0.1, 0.15) is 98.3 Å². The van der Waals surface area contributed by atoms with Gasteiger partial charge in [-0.25, -0.2) is 0 Å². The van der Waals surface area contributed by atoms with Crippen LogP contribution < -0.4 is 0 Å². The molecule has 0 aromatic carbocycles. The molecule has 0 radical (unpaired) electrons. The van der Waals surface area contributed by atoms with E-state index in [9.17, 15) is 0 Å². The highest BCUT2D eigenvalue weighted by atomic mass is 14.6. The van der Waals surface area contributed by atoms with Crippen molar-refractivity contribution in [1.29, 1.82) is 0 Å². The molecule has 17 heavy (non-hydrogen) atoms. The molecule has 1 saturated carbocycles. The van der Waals surface area contributed by atoms with E-state index in [2.05, 4.69) is 27.7 Å². The fraction of sp³-hybridized carbons (Fsp3) is 1.00. The third kappa shape index (κ3) is 2.88. The molecule has 0 aliphatic heterocycles. The van der Waals surface area contributed by atoms with Crippen molar-refractivity contribution < 1.29 is 0 Å². The smallest absolute Gasteiger partial charge is 0.0241 e. The maximum absolute atomic E-state index is 2.39. The summed E-state index contributed by atoms with van der Waals surface area (Å²) in [4.78, 5) is 0. The number of hydrogen-bond donors (Lipinski definition) is 0. The summed E-state index contributed by atoms with van der Waals surface area (Å²) in [6.07, 6.45) is 16.0. The standard InChI is InChI=1S/C17H34/c1-5-10-16(11-6-2)14-9-15-17(16,12-7-3)13-8-4/h5-15H2,1-4H3. The lowest BCUT2D eigenvalue weighted by atomic mass is 9.57. The Bertz CT molecular complexity index is 170. The van der Waals surface area contributed by atoms with Gasteiger partial charge in [0.25, 0.3) is 0 Å². The Morgan fingerprint density at radius 1 is 0.588 bits per heavy atom. The first kappa shape index (κ1) is 15.1. The zero-order valence-corrected chi connectivity index (χ0v) is 12.8. The van der Waals surface area contributed by atoms with Crippen molar-refractivity contribution in [3.8, 4) is 0 Å². The average Bonchev–Trinajstić information content (AvgIpc) is 2.60. The maximum Gasteiger partial charge on any atom is -0.0241 e. The monoisotopic (exact) mass is 238 g/mol. The van der Waals surface area contributed by atoms with Gasteiger partial charge in [0.2, 0.25) is 0 Å². The van der Waals surface area contributed by atoms with E-state index in [-0.39, 0.29) is 0 Å². The Morgan fingerprint density at radius 3 is 1.12 bits per heavy atom. The second-order valence-corrected chi connectivity index (χ2v) is 6.41. The van der Waals surface area contributed by atoms with Gasteiger partial charge in [0.15, 0.2) is 0 Å². The Morgan fingerprint density at radius 2 is 0.882 bits per heavy atom. The van der Waals surface area contributed by atoms with Crippen molar-refractivity contribution in [2.24, 2.45) is 10.8 Å². The van der Waals surface area contributed by atoms with Gasteiger partial charge in [0, 0.05) is 0 Å². The van der Waals surface area contributed by atoms with Gasteiger partial charge in [0.05, 0.1) is 0 Å². The molecule has 0 heterocycles. The van der Waals surface area contributed by atoms with Gasteiger partial charge >= 0.3 is 0 Å². The van der Waals surface area contributed by atoms with E-state index in [0.717, 1.165) is 0 Å². The Hall–Kier alpha value is 0. The first-order valence-electron chi connectivity index (χ1n) is 8.20. The molecule has 0 heteroatoms. The largest absolute Gasteiger partial charge is 0.0654 e. The van der Waals surface area contributed by atoms with E-state index in [4.69, 9.17) is 0 Å². The van der Waals surface area contributed by atoms with Crippen LogP contribution in [-0.2, 0) is 0 Å². The fourth-order valence-electron chi connectivity index (χ4n) is 5.02. The summed E-state index contributed by atoms with van der Waals surface area (Å²) in [5, 5.41) is 0. The van der Waals surface area contributed by atoms with Crippen LogP contribution >= 0.6 is 0 Å². The van der Waals surface area contributed by atoms with Gasteiger partial charge < -0.3 is 0 Å². The molecule has 1 fully saturated rings. The summed E-state index contributed by atoms with van der Waals surface area (Å²) >= 11 is 0. The Kier molecular flexibility index (Phi) is 6.03. The van der Waals surface area contributed by atoms with Crippen molar-refractivity contribution in [2.75, 3.05) is 0 Å². The van der Waals surface area contributed by atoms with E-state index in [1.807, 2.05) is 0 Å². The van der Waals surface area contributed by atoms with Gasteiger partial charge in [-0.3, -0.25) is 0 Å². The number of rotatable bonds is 8. The SMILES string of the molecule is CCCC1(CCC)CCCC1(CCC)CCC. The summed E-state index contributed by atoms with van der Waals surface area (Å²) in [5.74, 6) is 0. The van der Waals surface area contributed by atoms with E-state index >= 15 is 0 Å². The molecule has 0 N–H and O–H groups in total. The van der Waals surface area contributed by atoms with Gasteiger partial charge in [-0.15, -0.1) is 0 Å². The normalized spacial score (nSPS) is 21.9. The fourth-order valence-corrected chi connectivity index (χ4v) is 5.02.